The fraction of sp³-hybridized carbons (Fsp3) is 0.353. The normalized spacial score (nSPS) is 13.9. The lowest BCUT2D eigenvalue weighted by Crippen LogP contribution is -2.49. The van der Waals surface area contributed by atoms with Crippen molar-refractivity contribution in [2.24, 2.45) is 0 Å². The maximum absolute atomic E-state index is 13.4. The minimum Gasteiger partial charge on any atom is -0.450 e. The Morgan fingerprint density at radius 2 is 2.07 bits per heavy atom. The Labute approximate surface area is 170 Å². The number of hydrogen-bond acceptors (Lipinski definition) is 8. The van der Waals surface area contributed by atoms with Crippen molar-refractivity contribution in [3.63, 3.8) is 0 Å². The number of carbonyl (C=O) groups excluding carboxylic acids is 1. The van der Waals surface area contributed by atoms with Gasteiger partial charge in [0.25, 0.3) is 0 Å². The summed E-state index contributed by atoms with van der Waals surface area (Å²) < 4.78 is 18.3. The summed E-state index contributed by atoms with van der Waals surface area (Å²) in [4.78, 5) is 34.3. The second-order valence-electron chi connectivity index (χ2n) is 6.08. The molecule has 2 heterocycles. The van der Waals surface area contributed by atoms with Crippen LogP contribution < -0.4 is 10.2 Å². The van der Waals surface area contributed by atoms with Crippen LogP contribution in [0, 0.1) is 15.9 Å². The minimum absolute atomic E-state index is 0.0458. The zero-order valence-corrected chi connectivity index (χ0v) is 16.2. The molecule has 1 aromatic heterocycles. The molecule has 0 aliphatic carbocycles. The molecular formula is C17H18ClFN6O4. The maximum Gasteiger partial charge on any atom is 0.409 e. The highest BCUT2D eigenvalue weighted by Gasteiger charge is 2.30. The van der Waals surface area contributed by atoms with E-state index in [9.17, 15) is 19.3 Å². The molecule has 154 valence electrons. The van der Waals surface area contributed by atoms with Crippen molar-refractivity contribution < 1.29 is 18.8 Å². The predicted octanol–water partition coefficient (Wildman–Crippen LogP) is 3.20. The molecule has 0 atom stereocenters. The molecule has 0 bridgehead atoms. The molecule has 1 aliphatic heterocycles. The van der Waals surface area contributed by atoms with Crippen molar-refractivity contribution in [2.75, 3.05) is 43.0 Å². The van der Waals surface area contributed by atoms with Crippen LogP contribution in [-0.2, 0) is 4.74 Å². The van der Waals surface area contributed by atoms with Crippen molar-refractivity contribution >= 4 is 40.7 Å². The van der Waals surface area contributed by atoms with E-state index < -0.39 is 16.8 Å². The Morgan fingerprint density at radius 3 is 2.69 bits per heavy atom. The second-order valence-corrected chi connectivity index (χ2v) is 6.49. The Kier molecular flexibility index (Phi) is 6.27. The fourth-order valence-corrected chi connectivity index (χ4v) is 3.07. The van der Waals surface area contributed by atoms with Crippen molar-refractivity contribution in [3.05, 3.63) is 45.5 Å². The number of nitrogens with one attached hydrogen (secondary N) is 1. The Bertz CT molecular complexity index is 923. The van der Waals surface area contributed by atoms with E-state index in [-0.39, 0.29) is 29.0 Å². The van der Waals surface area contributed by atoms with Gasteiger partial charge in [-0.1, -0.05) is 11.6 Å². The van der Waals surface area contributed by atoms with E-state index in [0.717, 1.165) is 6.07 Å². The average Bonchev–Trinajstić information content (AvgIpc) is 2.71. The lowest BCUT2D eigenvalue weighted by atomic mass is 10.2. The van der Waals surface area contributed by atoms with Gasteiger partial charge in [0.1, 0.15) is 12.1 Å². The largest absolute Gasteiger partial charge is 0.450 e. The van der Waals surface area contributed by atoms with Gasteiger partial charge < -0.3 is 19.9 Å². The van der Waals surface area contributed by atoms with Crippen LogP contribution in [0.3, 0.4) is 0 Å². The standard InChI is InChI=1S/C17H18ClFN6O4/c1-2-29-17(26)24-7-5-23(6-8-24)16-14(25(27)28)15(20-10-21-16)22-11-3-4-13(19)12(18)9-11/h3-4,9-10H,2,5-8H2,1H3,(H,20,21,22). The number of halogens is 2. The van der Waals surface area contributed by atoms with Gasteiger partial charge in [-0.05, 0) is 25.1 Å². The number of aromatic nitrogens is 2. The summed E-state index contributed by atoms with van der Waals surface area (Å²) in [6, 6.07) is 3.85. The lowest BCUT2D eigenvalue weighted by molar-refractivity contribution is -0.383. The van der Waals surface area contributed by atoms with Crippen molar-refractivity contribution in [3.8, 4) is 0 Å². The van der Waals surface area contributed by atoms with Crippen molar-refractivity contribution in [1.82, 2.24) is 14.9 Å². The summed E-state index contributed by atoms with van der Waals surface area (Å²) in [5.74, 6) is -0.519. The molecule has 1 amide bonds. The lowest BCUT2D eigenvalue weighted by Gasteiger charge is -2.34. The van der Waals surface area contributed by atoms with E-state index in [1.54, 1.807) is 11.8 Å². The summed E-state index contributed by atoms with van der Waals surface area (Å²) in [6.07, 6.45) is 0.785. The molecule has 0 radical (unpaired) electrons. The first kappa shape index (κ1) is 20.5. The van der Waals surface area contributed by atoms with E-state index in [1.807, 2.05) is 0 Å². The van der Waals surface area contributed by atoms with Gasteiger partial charge in [-0.25, -0.2) is 19.2 Å². The molecule has 1 saturated heterocycles. The van der Waals surface area contributed by atoms with Gasteiger partial charge in [-0.3, -0.25) is 10.1 Å². The predicted molar refractivity (Wildman–Crippen MR) is 104 cm³/mol. The molecule has 0 spiro atoms. The van der Waals surface area contributed by atoms with Gasteiger partial charge in [0.2, 0.25) is 11.6 Å². The molecular weight excluding hydrogens is 407 g/mol. The van der Waals surface area contributed by atoms with Gasteiger partial charge in [0.05, 0.1) is 16.6 Å². The van der Waals surface area contributed by atoms with Crippen LogP contribution >= 0.6 is 11.6 Å². The summed E-state index contributed by atoms with van der Waals surface area (Å²) in [6.45, 7) is 3.38. The van der Waals surface area contributed by atoms with E-state index in [1.165, 1.54) is 23.4 Å². The summed E-state index contributed by atoms with van der Waals surface area (Å²) in [7, 11) is 0. The van der Waals surface area contributed by atoms with Gasteiger partial charge >= 0.3 is 11.8 Å². The smallest absolute Gasteiger partial charge is 0.409 e. The molecule has 1 aliphatic rings. The number of hydrogen-bond donors (Lipinski definition) is 1. The zero-order valence-electron chi connectivity index (χ0n) is 15.5. The van der Waals surface area contributed by atoms with Crippen LogP contribution in [0.4, 0.5) is 32.2 Å². The molecule has 1 aromatic carbocycles. The molecule has 1 fully saturated rings. The molecule has 29 heavy (non-hydrogen) atoms. The minimum atomic E-state index is -0.602. The molecule has 2 aromatic rings. The quantitative estimate of drug-likeness (QED) is 0.575. The molecule has 0 unspecified atom stereocenters. The third-order valence-electron chi connectivity index (χ3n) is 4.27. The second kappa shape index (κ2) is 8.86. The number of anilines is 3. The van der Waals surface area contributed by atoms with Crippen LogP contribution in [0.15, 0.2) is 24.5 Å². The van der Waals surface area contributed by atoms with Crippen LogP contribution in [0.1, 0.15) is 6.92 Å². The molecule has 1 N–H and O–H groups in total. The molecule has 10 nitrogen and oxygen atoms in total. The number of amides is 1. The first-order valence-corrected chi connectivity index (χ1v) is 9.16. The number of piperazine rings is 1. The maximum atomic E-state index is 13.4. The highest BCUT2D eigenvalue weighted by Crippen LogP contribution is 2.34. The van der Waals surface area contributed by atoms with Crippen LogP contribution in [0.2, 0.25) is 5.02 Å². The first-order valence-electron chi connectivity index (χ1n) is 8.78. The third kappa shape index (κ3) is 4.62. The number of carbonyl (C=O) groups is 1. The number of nitro groups is 1. The third-order valence-corrected chi connectivity index (χ3v) is 4.56. The van der Waals surface area contributed by atoms with E-state index in [0.29, 0.717) is 31.9 Å². The summed E-state index contributed by atoms with van der Waals surface area (Å²) in [5, 5.41) is 14.4. The molecule has 0 saturated carbocycles. The van der Waals surface area contributed by atoms with E-state index in [2.05, 4.69) is 15.3 Å². The van der Waals surface area contributed by atoms with E-state index in [4.69, 9.17) is 16.3 Å². The van der Waals surface area contributed by atoms with Crippen molar-refractivity contribution in [1.29, 1.82) is 0 Å². The topological polar surface area (TPSA) is 114 Å². The van der Waals surface area contributed by atoms with Crippen LogP contribution in [-0.4, -0.2) is 58.7 Å². The van der Waals surface area contributed by atoms with Gasteiger partial charge in [0.15, 0.2) is 0 Å². The average molecular weight is 425 g/mol. The number of ether oxygens (including phenoxy) is 1. The summed E-state index contributed by atoms with van der Waals surface area (Å²) in [5.41, 5.74) is 0.0220. The summed E-state index contributed by atoms with van der Waals surface area (Å²) >= 11 is 5.76. The zero-order chi connectivity index (χ0) is 21.0. The highest BCUT2D eigenvalue weighted by molar-refractivity contribution is 6.31. The number of benzene rings is 1. The Balaban J connectivity index is 1.83. The van der Waals surface area contributed by atoms with E-state index >= 15 is 0 Å². The highest BCUT2D eigenvalue weighted by atomic mass is 35.5. The monoisotopic (exact) mass is 424 g/mol. The fourth-order valence-electron chi connectivity index (χ4n) is 2.89. The van der Waals surface area contributed by atoms with Crippen LogP contribution in [0.25, 0.3) is 0 Å². The first-order chi connectivity index (χ1) is 13.9. The SMILES string of the molecule is CCOC(=O)N1CCN(c2ncnc(Nc3ccc(F)c(Cl)c3)c2[N+](=O)[O-])CC1. The van der Waals surface area contributed by atoms with Gasteiger partial charge in [-0.15, -0.1) is 0 Å². The van der Waals surface area contributed by atoms with Gasteiger partial charge in [-0.2, -0.15) is 0 Å². The molecule has 12 heteroatoms. The van der Waals surface area contributed by atoms with Crippen molar-refractivity contribution in [2.45, 2.75) is 6.92 Å². The molecule has 3 rings (SSSR count). The number of nitrogens with zero attached hydrogens (tertiary/aromatic N) is 5. The van der Waals surface area contributed by atoms with Crippen LogP contribution in [0.5, 0.6) is 0 Å². The van der Waals surface area contributed by atoms with Gasteiger partial charge in [0, 0.05) is 31.9 Å². The number of rotatable bonds is 5. The Morgan fingerprint density at radius 1 is 1.34 bits per heavy atom. The Hall–Kier alpha value is -3.21.